The first kappa shape index (κ1) is 12.9. The quantitative estimate of drug-likeness (QED) is 0.765. The molecule has 98 valence electrons. The van der Waals surface area contributed by atoms with Crippen LogP contribution in [0.15, 0.2) is 18.2 Å². The number of rotatable bonds is 4. The van der Waals surface area contributed by atoms with Crippen molar-refractivity contribution in [3.05, 3.63) is 23.8 Å². The second-order valence-electron chi connectivity index (χ2n) is 4.25. The van der Waals surface area contributed by atoms with Crippen molar-refractivity contribution in [2.24, 2.45) is 0 Å². The number of amides is 1. The normalized spacial score (nSPS) is 15.0. The molecule has 0 aromatic heterocycles. The summed E-state index contributed by atoms with van der Waals surface area (Å²) in [6, 6.07) is 5.80. The maximum absolute atomic E-state index is 11.7. The number of benzene rings is 1. The summed E-state index contributed by atoms with van der Waals surface area (Å²) in [7, 11) is 1.76. The Bertz CT molecular complexity index is 434. The van der Waals surface area contributed by atoms with E-state index in [-0.39, 0.29) is 12.5 Å². The van der Waals surface area contributed by atoms with Crippen molar-refractivity contribution in [3.63, 3.8) is 0 Å². The fraction of sp³-hybridized carbons (Fsp3) is 0.462. The van der Waals surface area contributed by atoms with Crippen molar-refractivity contribution >= 4 is 11.6 Å². The predicted molar refractivity (Wildman–Crippen MR) is 68.8 cm³/mol. The number of aliphatic hydroxyl groups is 1. The SMILES string of the molecule is CN1C(=O)CCOc2ccc(CNCCO)cc21. The summed E-state index contributed by atoms with van der Waals surface area (Å²) in [5, 5.41) is 11.8. The summed E-state index contributed by atoms with van der Waals surface area (Å²) in [6.07, 6.45) is 0.406. The average Bonchev–Trinajstić information content (AvgIpc) is 2.51. The fourth-order valence-electron chi connectivity index (χ4n) is 1.92. The molecule has 1 aromatic rings. The van der Waals surface area contributed by atoms with Crippen molar-refractivity contribution in [3.8, 4) is 5.75 Å². The first-order valence-corrected chi connectivity index (χ1v) is 6.06. The Labute approximate surface area is 106 Å². The number of nitrogens with one attached hydrogen (secondary N) is 1. The molecule has 18 heavy (non-hydrogen) atoms. The number of aliphatic hydroxyl groups excluding tert-OH is 1. The molecule has 1 aromatic carbocycles. The van der Waals surface area contributed by atoms with Crippen LogP contribution in [0.25, 0.3) is 0 Å². The molecule has 0 radical (unpaired) electrons. The van der Waals surface area contributed by atoms with E-state index >= 15 is 0 Å². The number of nitrogens with zero attached hydrogens (tertiary/aromatic N) is 1. The molecule has 0 saturated heterocycles. The Kier molecular flexibility index (Phi) is 4.17. The van der Waals surface area contributed by atoms with Gasteiger partial charge in [-0.05, 0) is 17.7 Å². The summed E-state index contributed by atoms with van der Waals surface area (Å²) in [5.74, 6) is 0.809. The van der Waals surface area contributed by atoms with Gasteiger partial charge in [0.2, 0.25) is 5.91 Å². The van der Waals surface area contributed by atoms with Gasteiger partial charge in [-0.25, -0.2) is 0 Å². The van der Waals surface area contributed by atoms with E-state index in [2.05, 4.69) is 5.32 Å². The van der Waals surface area contributed by atoms with Crippen LogP contribution in [0.3, 0.4) is 0 Å². The molecule has 0 saturated carbocycles. The zero-order chi connectivity index (χ0) is 13.0. The molecule has 0 fully saturated rings. The van der Waals surface area contributed by atoms with Gasteiger partial charge >= 0.3 is 0 Å². The number of fused-ring (bicyclic) bond motifs is 1. The van der Waals surface area contributed by atoms with Crippen LogP contribution in [-0.2, 0) is 11.3 Å². The molecular formula is C13H18N2O3. The number of ether oxygens (including phenoxy) is 1. The largest absolute Gasteiger partial charge is 0.491 e. The van der Waals surface area contributed by atoms with Crippen molar-refractivity contribution in [2.45, 2.75) is 13.0 Å². The number of hydrogen-bond donors (Lipinski definition) is 2. The van der Waals surface area contributed by atoms with E-state index in [9.17, 15) is 4.79 Å². The van der Waals surface area contributed by atoms with Crippen LogP contribution in [0.2, 0.25) is 0 Å². The van der Waals surface area contributed by atoms with Gasteiger partial charge < -0.3 is 20.1 Å². The second kappa shape index (κ2) is 5.84. The Balaban J connectivity index is 2.18. The smallest absolute Gasteiger partial charge is 0.230 e. The number of anilines is 1. The molecule has 2 N–H and O–H groups in total. The highest BCUT2D eigenvalue weighted by molar-refractivity contribution is 5.95. The number of carbonyl (C=O) groups excluding carboxylic acids is 1. The Morgan fingerprint density at radius 1 is 1.50 bits per heavy atom. The summed E-state index contributed by atoms with van der Waals surface area (Å²) in [6.45, 7) is 1.77. The number of hydrogen-bond acceptors (Lipinski definition) is 4. The highest BCUT2D eigenvalue weighted by atomic mass is 16.5. The standard InChI is InChI=1S/C13H18N2O3/c1-15-11-8-10(9-14-5-6-16)2-3-12(11)18-7-4-13(15)17/h2-3,8,14,16H,4-7,9H2,1H3. The summed E-state index contributed by atoms with van der Waals surface area (Å²) < 4.78 is 5.55. The Hall–Kier alpha value is -1.59. The molecule has 5 nitrogen and oxygen atoms in total. The molecule has 1 heterocycles. The van der Waals surface area contributed by atoms with Crippen molar-refractivity contribution in [2.75, 3.05) is 31.7 Å². The third-order valence-corrected chi connectivity index (χ3v) is 2.95. The third-order valence-electron chi connectivity index (χ3n) is 2.95. The fourth-order valence-corrected chi connectivity index (χ4v) is 1.92. The minimum Gasteiger partial charge on any atom is -0.491 e. The van der Waals surface area contributed by atoms with E-state index in [1.165, 1.54) is 0 Å². The zero-order valence-electron chi connectivity index (χ0n) is 10.5. The van der Waals surface area contributed by atoms with E-state index in [0.717, 1.165) is 17.0 Å². The van der Waals surface area contributed by atoms with Gasteiger partial charge in [-0.2, -0.15) is 0 Å². The monoisotopic (exact) mass is 250 g/mol. The summed E-state index contributed by atoms with van der Waals surface area (Å²) in [5.41, 5.74) is 1.87. The van der Waals surface area contributed by atoms with E-state index in [1.54, 1.807) is 11.9 Å². The molecule has 2 rings (SSSR count). The maximum Gasteiger partial charge on any atom is 0.230 e. The Morgan fingerprint density at radius 3 is 3.11 bits per heavy atom. The average molecular weight is 250 g/mol. The minimum atomic E-state index is 0.0641. The molecule has 0 unspecified atom stereocenters. The third kappa shape index (κ3) is 2.80. The lowest BCUT2D eigenvalue weighted by Crippen LogP contribution is -2.25. The topological polar surface area (TPSA) is 61.8 Å². The lowest BCUT2D eigenvalue weighted by molar-refractivity contribution is -0.118. The van der Waals surface area contributed by atoms with Gasteiger partial charge in [0.05, 0.1) is 25.3 Å². The summed E-state index contributed by atoms with van der Waals surface area (Å²) >= 11 is 0. The molecule has 0 spiro atoms. The second-order valence-corrected chi connectivity index (χ2v) is 4.25. The van der Waals surface area contributed by atoms with E-state index in [1.807, 2.05) is 18.2 Å². The van der Waals surface area contributed by atoms with Gasteiger partial charge in [0.1, 0.15) is 5.75 Å². The van der Waals surface area contributed by atoms with Crippen molar-refractivity contribution < 1.29 is 14.6 Å². The van der Waals surface area contributed by atoms with Crippen LogP contribution in [0.5, 0.6) is 5.75 Å². The van der Waals surface area contributed by atoms with Crippen molar-refractivity contribution in [1.29, 1.82) is 0 Å². The maximum atomic E-state index is 11.7. The van der Waals surface area contributed by atoms with Gasteiger partial charge in [-0.15, -0.1) is 0 Å². The van der Waals surface area contributed by atoms with Crippen LogP contribution in [-0.4, -0.2) is 37.8 Å². The van der Waals surface area contributed by atoms with E-state index < -0.39 is 0 Å². The van der Waals surface area contributed by atoms with Gasteiger partial charge in [-0.3, -0.25) is 4.79 Å². The van der Waals surface area contributed by atoms with Crippen molar-refractivity contribution in [1.82, 2.24) is 5.32 Å². The van der Waals surface area contributed by atoms with Gasteiger partial charge in [-0.1, -0.05) is 6.07 Å². The zero-order valence-corrected chi connectivity index (χ0v) is 10.5. The molecule has 1 amide bonds. The van der Waals surface area contributed by atoms with Crippen LogP contribution >= 0.6 is 0 Å². The van der Waals surface area contributed by atoms with Crippen LogP contribution in [0.4, 0.5) is 5.69 Å². The molecule has 1 aliphatic rings. The molecule has 0 aliphatic carbocycles. The summed E-state index contributed by atoms with van der Waals surface area (Å²) in [4.78, 5) is 13.4. The molecule has 5 heteroatoms. The minimum absolute atomic E-state index is 0.0641. The molecular weight excluding hydrogens is 232 g/mol. The predicted octanol–water partition coefficient (Wildman–Crippen LogP) is 0.514. The van der Waals surface area contributed by atoms with E-state index in [0.29, 0.717) is 26.1 Å². The lowest BCUT2D eigenvalue weighted by atomic mass is 10.1. The van der Waals surface area contributed by atoms with Gasteiger partial charge in [0.25, 0.3) is 0 Å². The first-order chi connectivity index (χ1) is 8.72. The van der Waals surface area contributed by atoms with Gasteiger partial charge in [0, 0.05) is 20.1 Å². The molecule has 1 aliphatic heterocycles. The first-order valence-electron chi connectivity index (χ1n) is 6.06. The van der Waals surface area contributed by atoms with Crippen LogP contribution in [0.1, 0.15) is 12.0 Å². The Morgan fingerprint density at radius 2 is 2.33 bits per heavy atom. The van der Waals surface area contributed by atoms with Gasteiger partial charge in [0.15, 0.2) is 0 Å². The number of carbonyl (C=O) groups is 1. The van der Waals surface area contributed by atoms with Crippen LogP contribution in [0, 0.1) is 0 Å². The lowest BCUT2D eigenvalue weighted by Gasteiger charge is -2.17. The highest BCUT2D eigenvalue weighted by Gasteiger charge is 2.19. The highest BCUT2D eigenvalue weighted by Crippen LogP contribution is 2.31. The van der Waals surface area contributed by atoms with E-state index in [4.69, 9.17) is 9.84 Å². The molecule has 0 atom stereocenters. The molecule has 0 bridgehead atoms. The van der Waals surface area contributed by atoms with Crippen LogP contribution < -0.4 is 15.0 Å².